The predicted molar refractivity (Wildman–Crippen MR) is 68.3 cm³/mol. The molecule has 2 heterocycles. The molecular weight excluding hydrogens is 244 g/mol. The molecule has 2 rings (SSSR count). The van der Waals surface area contributed by atoms with Gasteiger partial charge in [-0.05, 0) is 32.2 Å². The van der Waals surface area contributed by atoms with Gasteiger partial charge in [0, 0.05) is 12.2 Å². The molecule has 1 aliphatic rings. The van der Waals surface area contributed by atoms with Crippen molar-refractivity contribution in [2.45, 2.75) is 23.8 Å². The molecule has 6 heteroatoms. The van der Waals surface area contributed by atoms with Crippen LogP contribution in [-0.2, 0) is 0 Å². The Kier molecular flexibility index (Phi) is 4.26. The van der Waals surface area contributed by atoms with Crippen molar-refractivity contribution in [2.24, 2.45) is 0 Å². The molecule has 0 spiro atoms. The normalized spacial score (nSPS) is 17.4. The first-order valence-electron chi connectivity index (χ1n) is 5.33. The average molecular weight is 259 g/mol. The van der Waals surface area contributed by atoms with E-state index in [0.717, 1.165) is 30.8 Å². The molecule has 0 saturated carbocycles. The van der Waals surface area contributed by atoms with E-state index in [2.05, 4.69) is 20.6 Å². The summed E-state index contributed by atoms with van der Waals surface area (Å²) in [5.74, 6) is 0.634. The van der Waals surface area contributed by atoms with Crippen molar-refractivity contribution < 1.29 is 0 Å². The highest BCUT2D eigenvalue weighted by atomic mass is 35.5. The molecule has 0 atom stereocenters. The van der Waals surface area contributed by atoms with Gasteiger partial charge in [-0.25, -0.2) is 4.98 Å². The Bertz CT molecular complexity index is 355. The highest BCUT2D eigenvalue weighted by molar-refractivity contribution is 7.98. The number of piperidine rings is 1. The second kappa shape index (κ2) is 5.70. The minimum absolute atomic E-state index is 0.456. The number of anilines is 1. The number of hydrogen-bond donors (Lipinski definition) is 2. The molecule has 88 valence electrons. The molecule has 0 aromatic carbocycles. The molecule has 0 amide bonds. The van der Waals surface area contributed by atoms with Crippen LogP contribution in [0.4, 0.5) is 5.95 Å². The Labute approximate surface area is 105 Å². The zero-order valence-electron chi connectivity index (χ0n) is 9.16. The highest BCUT2D eigenvalue weighted by Gasteiger charge is 2.14. The van der Waals surface area contributed by atoms with E-state index in [-0.39, 0.29) is 0 Å². The molecule has 2 N–H and O–H groups in total. The minimum Gasteiger partial charge on any atom is -0.351 e. The molecule has 16 heavy (non-hydrogen) atoms. The summed E-state index contributed by atoms with van der Waals surface area (Å²) in [5, 5.41) is 7.16. The van der Waals surface area contributed by atoms with Crippen LogP contribution in [0.5, 0.6) is 0 Å². The van der Waals surface area contributed by atoms with Crippen molar-refractivity contribution in [3.8, 4) is 0 Å². The van der Waals surface area contributed by atoms with Crippen molar-refractivity contribution in [3.05, 3.63) is 11.3 Å². The third-order valence-corrected chi connectivity index (χ3v) is 3.74. The summed E-state index contributed by atoms with van der Waals surface area (Å²) in [6.45, 7) is 2.10. The van der Waals surface area contributed by atoms with Crippen LogP contribution in [0, 0.1) is 0 Å². The monoisotopic (exact) mass is 258 g/mol. The van der Waals surface area contributed by atoms with Crippen molar-refractivity contribution in [2.75, 3.05) is 24.7 Å². The van der Waals surface area contributed by atoms with Crippen LogP contribution >= 0.6 is 23.4 Å². The largest absolute Gasteiger partial charge is 0.351 e. The van der Waals surface area contributed by atoms with Gasteiger partial charge in [-0.15, -0.1) is 11.8 Å². The maximum atomic E-state index is 6.02. The third kappa shape index (κ3) is 2.99. The average Bonchev–Trinajstić information content (AvgIpc) is 2.31. The van der Waals surface area contributed by atoms with E-state index >= 15 is 0 Å². The van der Waals surface area contributed by atoms with Gasteiger partial charge in [0.15, 0.2) is 0 Å². The number of aromatic nitrogens is 2. The van der Waals surface area contributed by atoms with Crippen LogP contribution in [0.1, 0.15) is 12.8 Å². The Hall–Kier alpha value is -0.520. The third-order valence-electron chi connectivity index (χ3n) is 2.60. The molecule has 1 aliphatic heterocycles. The lowest BCUT2D eigenvalue weighted by Gasteiger charge is -2.23. The van der Waals surface area contributed by atoms with E-state index < -0.39 is 0 Å². The smallest absolute Gasteiger partial charge is 0.224 e. The van der Waals surface area contributed by atoms with Gasteiger partial charge in [0.2, 0.25) is 5.95 Å². The quantitative estimate of drug-likeness (QED) is 0.642. The number of hydrogen-bond acceptors (Lipinski definition) is 5. The molecule has 1 aromatic rings. The Balaban J connectivity index is 2.01. The highest BCUT2D eigenvalue weighted by Crippen LogP contribution is 2.23. The van der Waals surface area contributed by atoms with Crippen molar-refractivity contribution in [1.29, 1.82) is 0 Å². The molecule has 4 nitrogen and oxygen atoms in total. The molecule has 1 fully saturated rings. The number of thioether (sulfide) groups is 1. The van der Waals surface area contributed by atoms with Crippen LogP contribution in [0.2, 0.25) is 5.15 Å². The SMILES string of the molecule is CSc1cnc(NC2CCNCC2)nc1Cl. The van der Waals surface area contributed by atoms with E-state index in [9.17, 15) is 0 Å². The fourth-order valence-corrected chi connectivity index (χ4v) is 2.44. The maximum Gasteiger partial charge on any atom is 0.224 e. The molecule has 1 saturated heterocycles. The molecule has 0 unspecified atom stereocenters. The van der Waals surface area contributed by atoms with Gasteiger partial charge in [-0.1, -0.05) is 11.6 Å². The minimum atomic E-state index is 0.456. The van der Waals surface area contributed by atoms with Crippen LogP contribution in [0.15, 0.2) is 11.1 Å². The molecule has 1 aromatic heterocycles. The second-order valence-electron chi connectivity index (χ2n) is 3.72. The summed E-state index contributed by atoms with van der Waals surface area (Å²) in [7, 11) is 0. The molecule has 0 radical (unpaired) electrons. The summed E-state index contributed by atoms with van der Waals surface area (Å²) in [5.41, 5.74) is 0. The van der Waals surface area contributed by atoms with E-state index in [0.29, 0.717) is 17.1 Å². The zero-order chi connectivity index (χ0) is 11.4. The number of nitrogens with zero attached hydrogens (tertiary/aromatic N) is 2. The number of rotatable bonds is 3. The van der Waals surface area contributed by atoms with E-state index in [4.69, 9.17) is 11.6 Å². The van der Waals surface area contributed by atoms with Crippen molar-refractivity contribution in [1.82, 2.24) is 15.3 Å². The van der Waals surface area contributed by atoms with Crippen molar-refractivity contribution in [3.63, 3.8) is 0 Å². The Morgan fingerprint density at radius 2 is 2.25 bits per heavy atom. The summed E-state index contributed by atoms with van der Waals surface area (Å²) in [4.78, 5) is 9.41. The van der Waals surface area contributed by atoms with Crippen molar-refractivity contribution >= 4 is 29.3 Å². The predicted octanol–water partition coefficient (Wildman–Crippen LogP) is 2.02. The van der Waals surface area contributed by atoms with E-state index in [1.807, 2.05) is 6.26 Å². The van der Waals surface area contributed by atoms with Gasteiger partial charge in [0.05, 0.1) is 4.90 Å². The maximum absolute atomic E-state index is 6.02. The lowest BCUT2D eigenvalue weighted by molar-refractivity contribution is 0.477. The van der Waals surface area contributed by atoms with Crippen LogP contribution in [0.25, 0.3) is 0 Å². The van der Waals surface area contributed by atoms with Gasteiger partial charge < -0.3 is 10.6 Å². The van der Waals surface area contributed by atoms with Crippen LogP contribution < -0.4 is 10.6 Å². The molecule has 0 aliphatic carbocycles. The van der Waals surface area contributed by atoms with Crippen LogP contribution in [0.3, 0.4) is 0 Å². The number of nitrogens with one attached hydrogen (secondary N) is 2. The van der Waals surface area contributed by atoms with Gasteiger partial charge in [0.1, 0.15) is 5.15 Å². The fourth-order valence-electron chi connectivity index (χ4n) is 1.71. The summed E-state index contributed by atoms with van der Waals surface area (Å²) in [6.07, 6.45) is 5.93. The second-order valence-corrected chi connectivity index (χ2v) is 4.93. The summed E-state index contributed by atoms with van der Waals surface area (Å²) < 4.78 is 0. The zero-order valence-corrected chi connectivity index (χ0v) is 10.7. The Morgan fingerprint density at radius 1 is 1.50 bits per heavy atom. The van der Waals surface area contributed by atoms with Crippen LogP contribution in [-0.4, -0.2) is 35.4 Å². The first-order valence-corrected chi connectivity index (χ1v) is 6.93. The van der Waals surface area contributed by atoms with Gasteiger partial charge in [-0.3, -0.25) is 0 Å². The van der Waals surface area contributed by atoms with Gasteiger partial charge in [0.25, 0.3) is 0 Å². The fraction of sp³-hybridized carbons (Fsp3) is 0.600. The standard InChI is InChI=1S/C10H15ClN4S/c1-16-8-6-13-10(15-9(8)11)14-7-2-4-12-5-3-7/h6-7,12H,2-5H2,1H3,(H,13,14,15). The molecular formula is C10H15ClN4S. The first kappa shape index (κ1) is 12.0. The van der Waals surface area contributed by atoms with Gasteiger partial charge in [-0.2, -0.15) is 4.98 Å². The number of halogens is 1. The van der Waals surface area contributed by atoms with E-state index in [1.165, 1.54) is 0 Å². The summed E-state index contributed by atoms with van der Waals surface area (Å²) in [6, 6.07) is 0.456. The summed E-state index contributed by atoms with van der Waals surface area (Å²) >= 11 is 7.58. The first-order chi connectivity index (χ1) is 7.79. The van der Waals surface area contributed by atoms with Gasteiger partial charge >= 0.3 is 0 Å². The van der Waals surface area contributed by atoms with E-state index in [1.54, 1.807) is 18.0 Å². The Morgan fingerprint density at radius 3 is 2.88 bits per heavy atom. The molecule has 0 bridgehead atoms. The topological polar surface area (TPSA) is 49.8 Å². The lowest BCUT2D eigenvalue weighted by Crippen LogP contribution is -2.35. The lowest BCUT2D eigenvalue weighted by atomic mass is 10.1.